The number of rotatable bonds is 4. The van der Waals surface area contributed by atoms with E-state index in [0.717, 1.165) is 33.9 Å². The number of hydrogen-bond donors (Lipinski definition) is 1. The quantitative estimate of drug-likeness (QED) is 0.765. The first-order valence-corrected chi connectivity index (χ1v) is 6.36. The molecular formula is C16H14O3. The minimum atomic E-state index is -0.741. The maximum atomic E-state index is 10.5. The van der Waals surface area contributed by atoms with E-state index in [1.54, 1.807) is 0 Å². The summed E-state index contributed by atoms with van der Waals surface area (Å²) in [5.41, 5.74) is 2.92. The molecule has 0 radical (unpaired) electrons. The Hall–Kier alpha value is -2.29. The Morgan fingerprint density at radius 3 is 2.68 bits per heavy atom. The van der Waals surface area contributed by atoms with E-state index >= 15 is 0 Å². The molecular weight excluding hydrogens is 240 g/mol. The van der Waals surface area contributed by atoms with Crippen LogP contribution < -0.4 is 0 Å². The van der Waals surface area contributed by atoms with Crippen molar-refractivity contribution in [2.45, 2.75) is 19.3 Å². The Kier molecular flexibility index (Phi) is 2.95. The van der Waals surface area contributed by atoms with Crippen molar-refractivity contribution in [2.24, 2.45) is 0 Å². The molecule has 2 aromatic carbocycles. The van der Waals surface area contributed by atoms with Gasteiger partial charge in [-0.2, -0.15) is 0 Å². The maximum Gasteiger partial charge on any atom is 0.303 e. The van der Waals surface area contributed by atoms with E-state index in [1.807, 2.05) is 36.4 Å². The molecule has 0 aliphatic carbocycles. The molecule has 96 valence electrons. The Morgan fingerprint density at radius 2 is 1.84 bits per heavy atom. The van der Waals surface area contributed by atoms with Crippen LogP contribution in [0.1, 0.15) is 18.4 Å². The van der Waals surface area contributed by atoms with Gasteiger partial charge in [0.05, 0.1) is 0 Å². The van der Waals surface area contributed by atoms with Gasteiger partial charge in [-0.1, -0.05) is 24.3 Å². The second kappa shape index (κ2) is 4.76. The number of aryl methyl sites for hydroxylation is 1. The van der Waals surface area contributed by atoms with Crippen LogP contribution in [0, 0.1) is 0 Å². The number of para-hydroxylation sites is 1. The lowest BCUT2D eigenvalue weighted by Crippen LogP contribution is -1.95. The number of aliphatic carboxylic acids is 1. The zero-order valence-electron chi connectivity index (χ0n) is 10.4. The molecule has 3 heteroatoms. The second-order valence-corrected chi connectivity index (χ2v) is 4.68. The molecule has 0 saturated heterocycles. The van der Waals surface area contributed by atoms with Crippen LogP contribution in [-0.2, 0) is 11.2 Å². The van der Waals surface area contributed by atoms with E-state index in [2.05, 4.69) is 6.07 Å². The van der Waals surface area contributed by atoms with Crippen LogP contribution in [-0.4, -0.2) is 11.1 Å². The number of carboxylic acid groups (broad SMARTS) is 1. The molecule has 0 aliphatic rings. The van der Waals surface area contributed by atoms with Crippen molar-refractivity contribution in [1.29, 1.82) is 0 Å². The Balaban J connectivity index is 1.95. The third kappa shape index (κ3) is 2.32. The fraction of sp³-hybridized carbons (Fsp3) is 0.188. The van der Waals surface area contributed by atoms with Gasteiger partial charge in [0.1, 0.15) is 11.2 Å². The van der Waals surface area contributed by atoms with Crippen molar-refractivity contribution >= 4 is 27.9 Å². The summed E-state index contributed by atoms with van der Waals surface area (Å²) in [7, 11) is 0. The van der Waals surface area contributed by atoms with Crippen LogP contribution >= 0.6 is 0 Å². The molecule has 1 heterocycles. The van der Waals surface area contributed by atoms with Crippen molar-refractivity contribution in [2.75, 3.05) is 0 Å². The van der Waals surface area contributed by atoms with E-state index in [-0.39, 0.29) is 6.42 Å². The fourth-order valence-electron chi connectivity index (χ4n) is 2.37. The Morgan fingerprint density at radius 1 is 1.05 bits per heavy atom. The normalized spacial score (nSPS) is 11.2. The Bertz CT molecular complexity index is 740. The first-order valence-electron chi connectivity index (χ1n) is 6.36. The fourth-order valence-corrected chi connectivity index (χ4v) is 2.37. The van der Waals surface area contributed by atoms with Gasteiger partial charge in [0, 0.05) is 17.2 Å². The minimum Gasteiger partial charge on any atom is -0.481 e. The smallest absolute Gasteiger partial charge is 0.303 e. The molecule has 0 bridgehead atoms. The number of furan rings is 1. The van der Waals surface area contributed by atoms with E-state index in [0.29, 0.717) is 6.42 Å². The molecule has 0 saturated carbocycles. The summed E-state index contributed by atoms with van der Waals surface area (Å²) in [6.45, 7) is 0. The Labute approximate surface area is 110 Å². The molecule has 0 atom stereocenters. The monoisotopic (exact) mass is 254 g/mol. The lowest BCUT2D eigenvalue weighted by molar-refractivity contribution is -0.137. The number of hydrogen-bond acceptors (Lipinski definition) is 2. The van der Waals surface area contributed by atoms with E-state index in [1.165, 1.54) is 0 Å². The predicted octanol–water partition coefficient (Wildman–Crippen LogP) is 3.99. The van der Waals surface area contributed by atoms with Crippen molar-refractivity contribution in [1.82, 2.24) is 0 Å². The average Bonchev–Trinajstić information content (AvgIpc) is 2.76. The van der Waals surface area contributed by atoms with Gasteiger partial charge in [0.2, 0.25) is 0 Å². The van der Waals surface area contributed by atoms with Crippen LogP contribution in [0.3, 0.4) is 0 Å². The molecule has 0 aliphatic heterocycles. The molecule has 3 aromatic rings. The summed E-state index contributed by atoms with van der Waals surface area (Å²) in [5.74, 6) is -0.741. The van der Waals surface area contributed by atoms with Gasteiger partial charge >= 0.3 is 5.97 Å². The molecule has 0 amide bonds. The minimum absolute atomic E-state index is 0.212. The molecule has 0 spiro atoms. The van der Waals surface area contributed by atoms with Crippen LogP contribution in [0.15, 0.2) is 46.9 Å². The highest BCUT2D eigenvalue weighted by atomic mass is 16.4. The standard InChI is InChI=1S/C16H14O3/c17-16(18)7-3-4-11-8-9-15-13(10-11)12-5-1-2-6-14(12)19-15/h1-2,5-6,8-10H,3-4,7H2,(H,17,18). The van der Waals surface area contributed by atoms with Crippen molar-refractivity contribution < 1.29 is 14.3 Å². The molecule has 3 rings (SSSR count). The average molecular weight is 254 g/mol. The number of carboxylic acids is 1. The highest BCUT2D eigenvalue weighted by molar-refractivity contribution is 6.04. The molecule has 19 heavy (non-hydrogen) atoms. The highest BCUT2D eigenvalue weighted by Crippen LogP contribution is 2.29. The zero-order chi connectivity index (χ0) is 13.2. The van der Waals surface area contributed by atoms with E-state index in [9.17, 15) is 4.79 Å². The largest absolute Gasteiger partial charge is 0.481 e. The lowest BCUT2D eigenvalue weighted by Gasteiger charge is -1.99. The number of benzene rings is 2. The molecule has 1 N–H and O–H groups in total. The zero-order valence-corrected chi connectivity index (χ0v) is 10.4. The SMILES string of the molecule is O=C(O)CCCc1ccc2oc3ccccc3c2c1. The maximum absolute atomic E-state index is 10.5. The van der Waals surface area contributed by atoms with Crippen LogP contribution in [0.25, 0.3) is 21.9 Å². The second-order valence-electron chi connectivity index (χ2n) is 4.68. The first-order chi connectivity index (χ1) is 9.24. The van der Waals surface area contributed by atoms with Crippen LogP contribution in [0.4, 0.5) is 0 Å². The molecule has 1 aromatic heterocycles. The number of fused-ring (bicyclic) bond motifs is 3. The predicted molar refractivity (Wildman–Crippen MR) is 74.3 cm³/mol. The van der Waals surface area contributed by atoms with Gasteiger partial charge in [-0.3, -0.25) is 4.79 Å². The summed E-state index contributed by atoms with van der Waals surface area (Å²) >= 11 is 0. The van der Waals surface area contributed by atoms with Crippen molar-refractivity contribution in [3.63, 3.8) is 0 Å². The van der Waals surface area contributed by atoms with Crippen molar-refractivity contribution in [3.8, 4) is 0 Å². The summed E-state index contributed by atoms with van der Waals surface area (Å²) in [4.78, 5) is 10.5. The van der Waals surface area contributed by atoms with Gasteiger partial charge < -0.3 is 9.52 Å². The molecule has 0 fully saturated rings. The third-order valence-electron chi connectivity index (χ3n) is 3.30. The van der Waals surface area contributed by atoms with E-state index in [4.69, 9.17) is 9.52 Å². The molecule has 0 unspecified atom stereocenters. The summed E-state index contributed by atoms with van der Waals surface area (Å²) in [5, 5.41) is 10.9. The first kappa shape index (κ1) is 11.8. The lowest BCUT2D eigenvalue weighted by atomic mass is 10.0. The molecule has 3 nitrogen and oxygen atoms in total. The number of carbonyl (C=O) groups is 1. The summed E-state index contributed by atoms with van der Waals surface area (Å²) < 4.78 is 5.76. The van der Waals surface area contributed by atoms with Crippen LogP contribution in [0.2, 0.25) is 0 Å². The van der Waals surface area contributed by atoms with Gasteiger partial charge in [-0.05, 0) is 36.6 Å². The van der Waals surface area contributed by atoms with E-state index < -0.39 is 5.97 Å². The van der Waals surface area contributed by atoms with Gasteiger partial charge in [0.15, 0.2) is 0 Å². The van der Waals surface area contributed by atoms with Gasteiger partial charge in [-0.15, -0.1) is 0 Å². The van der Waals surface area contributed by atoms with Gasteiger partial charge in [0.25, 0.3) is 0 Å². The summed E-state index contributed by atoms with van der Waals surface area (Å²) in [6, 6.07) is 14.0. The topological polar surface area (TPSA) is 50.4 Å². The third-order valence-corrected chi connectivity index (χ3v) is 3.30. The van der Waals surface area contributed by atoms with Gasteiger partial charge in [-0.25, -0.2) is 0 Å². The van der Waals surface area contributed by atoms with Crippen molar-refractivity contribution in [3.05, 3.63) is 48.0 Å². The highest BCUT2D eigenvalue weighted by Gasteiger charge is 2.07. The van der Waals surface area contributed by atoms with Crippen LogP contribution in [0.5, 0.6) is 0 Å². The summed E-state index contributed by atoms with van der Waals surface area (Å²) in [6.07, 6.45) is 1.66.